The minimum Gasteiger partial charge on any atom is -0.481 e. The molecule has 5 aromatic rings. The number of halogens is 1. The van der Waals surface area contributed by atoms with Crippen LogP contribution < -0.4 is 20.6 Å². The Labute approximate surface area is 269 Å². The number of ether oxygens (including phenoxy) is 1. The smallest absolute Gasteiger partial charge is 0.333 e. The third kappa shape index (κ3) is 6.72. The van der Waals surface area contributed by atoms with Gasteiger partial charge in [0.05, 0.1) is 46.3 Å². The van der Waals surface area contributed by atoms with E-state index < -0.39 is 11.9 Å². The molecule has 1 saturated heterocycles. The summed E-state index contributed by atoms with van der Waals surface area (Å²) in [5.41, 5.74) is 5.80. The first-order chi connectivity index (χ1) is 22.0. The molecule has 1 fully saturated rings. The number of anilines is 1. The van der Waals surface area contributed by atoms with E-state index in [9.17, 15) is 14.4 Å². The molecule has 2 aromatic carbocycles. The number of aryl methyl sites for hydroxylation is 1. The Morgan fingerprint density at radius 2 is 1.63 bits per heavy atom. The molecular formula is C33H33ClN6O6. The van der Waals surface area contributed by atoms with Gasteiger partial charge in [-0.3, -0.25) is 14.1 Å². The van der Waals surface area contributed by atoms with Gasteiger partial charge in [0, 0.05) is 67.6 Å². The number of benzene rings is 2. The first kappa shape index (κ1) is 32.2. The molecule has 0 saturated carbocycles. The van der Waals surface area contributed by atoms with E-state index in [0.717, 1.165) is 57.5 Å². The van der Waals surface area contributed by atoms with Gasteiger partial charge in [0.25, 0.3) is 0 Å². The summed E-state index contributed by atoms with van der Waals surface area (Å²) < 4.78 is 8.56. The second kappa shape index (κ2) is 13.4. The van der Waals surface area contributed by atoms with Crippen LogP contribution >= 0.6 is 11.6 Å². The van der Waals surface area contributed by atoms with Crippen molar-refractivity contribution in [3.05, 3.63) is 88.6 Å². The van der Waals surface area contributed by atoms with E-state index >= 15 is 0 Å². The minimum absolute atomic E-state index is 0.154. The molecule has 3 N–H and O–H groups in total. The molecule has 1 aliphatic rings. The quantitative estimate of drug-likeness (QED) is 0.225. The lowest BCUT2D eigenvalue weighted by Gasteiger charge is -2.38. The average Bonchev–Trinajstić information content (AvgIpc) is 3.29. The highest BCUT2D eigenvalue weighted by Crippen LogP contribution is 2.33. The number of methoxy groups -OCH3 is 1. The number of piperazine rings is 1. The Balaban J connectivity index is 0.000000463. The number of carboxylic acid groups (broad SMARTS) is 2. The van der Waals surface area contributed by atoms with E-state index in [4.69, 9.17) is 26.6 Å². The number of rotatable bonds is 6. The summed E-state index contributed by atoms with van der Waals surface area (Å²) in [5.74, 6) is -1.96. The fraction of sp³-hybridized carbons (Fsp3) is 0.242. The van der Waals surface area contributed by atoms with E-state index in [2.05, 4.69) is 40.1 Å². The molecule has 0 unspecified atom stereocenters. The molecule has 0 radical (unpaired) electrons. The zero-order chi connectivity index (χ0) is 33.1. The predicted octanol–water partition coefficient (Wildman–Crippen LogP) is 4.50. The Kier molecular flexibility index (Phi) is 9.40. The lowest BCUT2D eigenvalue weighted by Crippen LogP contribution is -2.54. The van der Waals surface area contributed by atoms with Gasteiger partial charge in [-0.05, 0) is 55.8 Å². The second-order valence-corrected chi connectivity index (χ2v) is 11.4. The Morgan fingerprint density at radius 3 is 2.22 bits per heavy atom. The van der Waals surface area contributed by atoms with Gasteiger partial charge in [0.15, 0.2) is 0 Å². The average molecular weight is 645 g/mol. The van der Waals surface area contributed by atoms with E-state index in [1.54, 1.807) is 35.7 Å². The molecule has 1 aliphatic heterocycles. The summed E-state index contributed by atoms with van der Waals surface area (Å²) >= 11 is 6.85. The van der Waals surface area contributed by atoms with Crippen LogP contribution in [-0.4, -0.2) is 73.5 Å². The highest BCUT2D eigenvalue weighted by atomic mass is 35.5. The number of nitrogens with zero attached hydrogens (tertiary/aromatic N) is 5. The summed E-state index contributed by atoms with van der Waals surface area (Å²) in [5, 5.41) is 20.7. The number of nitrogens with one attached hydrogen (secondary N) is 1. The molecule has 13 heteroatoms. The van der Waals surface area contributed by atoms with E-state index in [1.807, 2.05) is 42.5 Å². The normalized spacial score (nSPS) is 16.4. The van der Waals surface area contributed by atoms with Gasteiger partial charge in [-0.2, -0.15) is 0 Å². The number of hydrogen-bond acceptors (Lipinski definition) is 8. The third-order valence-corrected chi connectivity index (χ3v) is 7.92. The molecule has 3 aromatic heterocycles. The predicted molar refractivity (Wildman–Crippen MR) is 177 cm³/mol. The first-order valence-corrected chi connectivity index (χ1v) is 14.8. The van der Waals surface area contributed by atoms with Crippen LogP contribution in [0.15, 0.2) is 77.9 Å². The molecule has 238 valence electrons. The zero-order valence-electron chi connectivity index (χ0n) is 25.6. The maximum Gasteiger partial charge on any atom is 0.333 e. The van der Waals surface area contributed by atoms with Crippen molar-refractivity contribution in [1.29, 1.82) is 0 Å². The lowest BCUT2D eigenvalue weighted by atomic mass is 10.0. The van der Waals surface area contributed by atoms with Crippen LogP contribution in [0.5, 0.6) is 5.88 Å². The fourth-order valence-electron chi connectivity index (χ4n) is 5.65. The largest absolute Gasteiger partial charge is 0.481 e. The van der Waals surface area contributed by atoms with Crippen LogP contribution in [0.1, 0.15) is 13.8 Å². The van der Waals surface area contributed by atoms with Gasteiger partial charge in [-0.1, -0.05) is 17.7 Å². The highest BCUT2D eigenvalue weighted by Gasteiger charge is 2.24. The maximum atomic E-state index is 13.6. The van der Waals surface area contributed by atoms with Gasteiger partial charge >= 0.3 is 17.6 Å². The summed E-state index contributed by atoms with van der Waals surface area (Å²) in [7, 11) is 3.37. The van der Waals surface area contributed by atoms with Crippen molar-refractivity contribution in [3.8, 4) is 22.7 Å². The standard InChI is InChI=1S/C29H29ClN6O2.C4H4O4/c1-17-15-35(16-18(2)33-17)25-9-7-21(12-23(25)30)36-28-22-11-19(20-6-10-27(38-4)32-13-20)5-8-24(22)31-14-26(28)34(3)29(36)37;5-3(6)1-2-4(7)8/h5-14,17-18,33H,15-16H2,1-4H3;1-2H,(H,5,6)(H,7,8)/t17-,18+;. The van der Waals surface area contributed by atoms with E-state index in [0.29, 0.717) is 35.1 Å². The first-order valence-electron chi connectivity index (χ1n) is 14.4. The molecule has 4 heterocycles. The molecule has 2 atom stereocenters. The molecule has 0 aliphatic carbocycles. The number of imidazole rings is 1. The molecule has 0 spiro atoms. The summed E-state index contributed by atoms with van der Waals surface area (Å²) in [6.45, 7) is 6.10. The number of carbonyl (C=O) groups is 2. The monoisotopic (exact) mass is 644 g/mol. The Bertz CT molecular complexity index is 1990. The van der Waals surface area contributed by atoms with Crippen molar-refractivity contribution >= 4 is 51.2 Å². The van der Waals surface area contributed by atoms with Crippen LogP contribution in [0.3, 0.4) is 0 Å². The van der Waals surface area contributed by atoms with Crippen molar-refractivity contribution < 1.29 is 24.5 Å². The second-order valence-electron chi connectivity index (χ2n) is 11.0. The van der Waals surface area contributed by atoms with Crippen molar-refractivity contribution in [1.82, 2.24) is 24.4 Å². The zero-order valence-corrected chi connectivity index (χ0v) is 26.4. The van der Waals surface area contributed by atoms with Gasteiger partial charge in [-0.25, -0.2) is 19.4 Å². The summed E-state index contributed by atoms with van der Waals surface area (Å²) in [6, 6.07) is 16.5. The number of hydrogen-bond donors (Lipinski definition) is 3. The van der Waals surface area contributed by atoms with E-state index in [-0.39, 0.29) is 5.69 Å². The van der Waals surface area contributed by atoms with Gasteiger partial charge < -0.3 is 25.2 Å². The minimum atomic E-state index is -1.26. The van der Waals surface area contributed by atoms with Gasteiger partial charge in [0.1, 0.15) is 0 Å². The number of fused-ring (bicyclic) bond motifs is 3. The molecular weight excluding hydrogens is 612 g/mol. The number of pyridine rings is 2. The lowest BCUT2D eigenvalue weighted by molar-refractivity contribution is -0.134. The summed E-state index contributed by atoms with van der Waals surface area (Å²) in [4.78, 5) is 44.0. The van der Waals surface area contributed by atoms with Crippen LogP contribution in [0.25, 0.3) is 38.8 Å². The molecule has 0 bridgehead atoms. The van der Waals surface area contributed by atoms with Crippen molar-refractivity contribution in [2.24, 2.45) is 7.05 Å². The third-order valence-electron chi connectivity index (χ3n) is 7.62. The Hall–Kier alpha value is -5.20. The Morgan fingerprint density at radius 1 is 0.957 bits per heavy atom. The van der Waals surface area contributed by atoms with Crippen LogP contribution in [0.2, 0.25) is 5.02 Å². The van der Waals surface area contributed by atoms with Crippen molar-refractivity contribution in [2.45, 2.75) is 25.9 Å². The maximum absolute atomic E-state index is 13.6. The SMILES string of the molecule is COc1ccc(-c2ccc3ncc4c(c3c2)n(-c2ccc(N3C[C@@H](C)N[C@@H](C)C3)c(Cl)c2)c(=O)n4C)cn1.O=C(O)C=CC(=O)O. The van der Waals surface area contributed by atoms with Crippen molar-refractivity contribution in [3.63, 3.8) is 0 Å². The van der Waals surface area contributed by atoms with Crippen molar-refractivity contribution in [2.75, 3.05) is 25.1 Å². The number of carboxylic acids is 2. The van der Waals surface area contributed by atoms with Crippen LogP contribution in [0.4, 0.5) is 5.69 Å². The highest BCUT2D eigenvalue weighted by molar-refractivity contribution is 6.33. The van der Waals surface area contributed by atoms with Crippen LogP contribution in [0, 0.1) is 0 Å². The van der Waals surface area contributed by atoms with Crippen LogP contribution in [-0.2, 0) is 16.6 Å². The van der Waals surface area contributed by atoms with Gasteiger partial charge in [0.2, 0.25) is 5.88 Å². The van der Waals surface area contributed by atoms with Gasteiger partial charge in [-0.15, -0.1) is 0 Å². The molecule has 6 rings (SSSR count). The number of aromatic nitrogens is 4. The molecule has 12 nitrogen and oxygen atoms in total. The topological polar surface area (TPSA) is 152 Å². The van der Waals surface area contributed by atoms with E-state index in [1.165, 1.54) is 0 Å². The fourth-order valence-corrected chi connectivity index (χ4v) is 5.94. The molecule has 46 heavy (non-hydrogen) atoms. The number of aliphatic carboxylic acids is 2. The molecule has 0 amide bonds. The summed E-state index contributed by atoms with van der Waals surface area (Å²) in [6.07, 6.45) is 4.65.